The van der Waals surface area contributed by atoms with Crippen LogP contribution in [0, 0.1) is 11.8 Å². The van der Waals surface area contributed by atoms with E-state index >= 15 is 0 Å². The molecule has 0 heterocycles. The molecular formula is C18H25. The summed E-state index contributed by atoms with van der Waals surface area (Å²) in [5.41, 5.74) is 3.26. The van der Waals surface area contributed by atoms with Crippen molar-refractivity contribution in [1.82, 2.24) is 0 Å². The van der Waals surface area contributed by atoms with Gasteiger partial charge >= 0.3 is 0 Å². The molecule has 0 nitrogen and oxygen atoms in total. The minimum atomic E-state index is 0.762. The van der Waals surface area contributed by atoms with E-state index in [4.69, 9.17) is 0 Å². The van der Waals surface area contributed by atoms with E-state index in [2.05, 4.69) is 31.2 Å². The summed E-state index contributed by atoms with van der Waals surface area (Å²) in [6, 6.07) is 9.16. The Bertz CT molecular complexity index is 387. The summed E-state index contributed by atoms with van der Waals surface area (Å²) in [6.45, 7) is 2.45. The van der Waals surface area contributed by atoms with Gasteiger partial charge in [-0.15, -0.1) is 0 Å². The van der Waals surface area contributed by atoms with E-state index in [-0.39, 0.29) is 0 Å². The zero-order chi connectivity index (χ0) is 12.4. The van der Waals surface area contributed by atoms with Crippen molar-refractivity contribution in [2.24, 2.45) is 5.92 Å². The highest BCUT2D eigenvalue weighted by molar-refractivity contribution is 5.36. The molecule has 0 bridgehead atoms. The fourth-order valence-electron chi connectivity index (χ4n) is 4.07. The van der Waals surface area contributed by atoms with Gasteiger partial charge in [-0.1, -0.05) is 50.5 Å². The Morgan fingerprint density at radius 2 is 1.72 bits per heavy atom. The molecule has 1 unspecified atom stereocenters. The predicted molar refractivity (Wildman–Crippen MR) is 77.6 cm³/mol. The number of fused-ring (bicyclic) bond motifs is 1. The molecule has 1 aromatic carbocycles. The SMILES string of the molecule is C[C](C1CCCCC1)C1CCCc2ccccc21. The van der Waals surface area contributed by atoms with Crippen LogP contribution in [-0.2, 0) is 6.42 Å². The first-order valence-electron chi connectivity index (χ1n) is 7.77. The van der Waals surface area contributed by atoms with Crippen molar-refractivity contribution in [3.8, 4) is 0 Å². The third-order valence-corrected chi connectivity index (χ3v) is 5.17. The zero-order valence-electron chi connectivity index (χ0n) is 11.6. The van der Waals surface area contributed by atoms with Crippen LogP contribution in [0.4, 0.5) is 0 Å². The van der Waals surface area contributed by atoms with Crippen molar-refractivity contribution in [3.05, 3.63) is 41.3 Å². The van der Waals surface area contributed by atoms with Gasteiger partial charge in [0.05, 0.1) is 0 Å². The van der Waals surface area contributed by atoms with Crippen LogP contribution in [-0.4, -0.2) is 0 Å². The molecule has 0 saturated heterocycles. The van der Waals surface area contributed by atoms with Gasteiger partial charge in [0.25, 0.3) is 0 Å². The van der Waals surface area contributed by atoms with Gasteiger partial charge in [-0.05, 0) is 61.0 Å². The molecule has 0 aliphatic heterocycles. The average Bonchev–Trinajstić information content (AvgIpc) is 2.47. The molecule has 1 radical (unpaired) electrons. The average molecular weight is 241 g/mol. The molecule has 1 saturated carbocycles. The van der Waals surface area contributed by atoms with Crippen molar-refractivity contribution in [3.63, 3.8) is 0 Å². The van der Waals surface area contributed by atoms with E-state index in [0.29, 0.717) is 0 Å². The summed E-state index contributed by atoms with van der Waals surface area (Å²) in [4.78, 5) is 0. The van der Waals surface area contributed by atoms with Crippen molar-refractivity contribution in [2.45, 2.75) is 64.2 Å². The molecule has 0 aromatic heterocycles. The highest BCUT2D eigenvalue weighted by atomic mass is 14.4. The lowest BCUT2D eigenvalue weighted by atomic mass is 9.68. The van der Waals surface area contributed by atoms with E-state index in [1.807, 2.05) is 0 Å². The van der Waals surface area contributed by atoms with Gasteiger partial charge in [-0.2, -0.15) is 0 Å². The molecule has 0 N–H and O–H groups in total. The van der Waals surface area contributed by atoms with Gasteiger partial charge in [-0.25, -0.2) is 0 Å². The normalized spacial score (nSPS) is 25.1. The zero-order valence-corrected chi connectivity index (χ0v) is 11.6. The standard InChI is InChI=1S/C18H25/c1-14(15-8-3-2-4-9-15)17-13-7-11-16-10-5-6-12-18(16)17/h5-6,10,12,15,17H,2-4,7-9,11,13H2,1H3. The maximum absolute atomic E-state index is 2.45. The fourth-order valence-corrected chi connectivity index (χ4v) is 4.07. The third kappa shape index (κ3) is 2.35. The van der Waals surface area contributed by atoms with Gasteiger partial charge in [0.1, 0.15) is 0 Å². The lowest BCUT2D eigenvalue weighted by molar-refractivity contribution is 0.338. The number of hydrogen-bond acceptors (Lipinski definition) is 0. The molecule has 0 amide bonds. The molecule has 2 aliphatic rings. The lowest BCUT2D eigenvalue weighted by Crippen LogP contribution is -2.23. The monoisotopic (exact) mass is 241 g/mol. The molecular weight excluding hydrogens is 216 g/mol. The minimum absolute atomic E-state index is 0.762. The first kappa shape index (κ1) is 12.3. The molecule has 1 fully saturated rings. The third-order valence-electron chi connectivity index (χ3n) is 5.17. The summed E-state index contributed by atoms with van der Waals surface area (Å²) in [7, 11) is 0. The number of aryl methyl sites for hydroxylation is 1. The summed E-state index contributed by atoms with van der Waals surface area (Å²) in [5.74, 6) is 3.47. The van der Waals surface area contributed by atoms with Crippen molar-refractivity contribution in [2.75, 3.05) is 0 Å². The first-order valence-corrected chi connectivity index (χ1v) is 7.77. The summed E-state index contributed by atoms with van der Waals surface area (Å²) in [5, 5.41) is 0. The number of benzene rings is 1. The summed E-state index contributed by atoms with van der Waals surface area (Å²) < 4.78 is 0. The molecule has 0 heteroatoms. The van der Waals surface area contributed by atoms with Crippen LogP contribution in [0.2, 0.25) is 0 Å². The molecule has 18 heavy (non-hydrogen) atoms. The molecule has 1 atom stereocenters. The predicted octanol–water partition coefficient (Wildman–Crippen LogP) is 5.28. The summed E-state index contributed by atoms with van der Waals surface area (Å²) >= 11 is 0. The van der Waals surface area contributed by atoms with Crippen molar-refractivity contribution in [1.29, 1.82) is 0 Å². The minimum Gasteiger partial charge on any atom is -0.0620 e. The second kappa shape index (κ2) is 5.47. The van der Waals surface area contributed by atoms with Gasteiger partial charge in [-0.3, -0.25) is 0 Å². The summed E-state index contributed by atoms with van der Waals surface area (Å²) in [6.07, 6.45) is 11.3. The highest BCUT2D eigenvalue weighted by Crippen LogP contribution is 2.44. The first-order chi connectivity index (χ1) is 8.86. The van der Waals surface area contributed by atoms with Gasteiger partial charge in [0.15, 0.2) is 0 Å². The topological polar surface area (TPSA) is 0 Å². The Morgan fingerprint density at radius 3 is 2.56 bits per heavy atom. The van der Waals surface area contributed by atoms with Crippen LogP contribution >= 0.6 is 0 Å². The van der Waals surface area contributed by atoms with Crippen LogP contribution in [0.15, 0.2) is 24.3 Å². The quantitative estimate of drug-likeness (QED) is 0.660. The Balaban J connectivity index is 1.80. The molecule has 2 aliphatic carbocycles. The fraction of sp³-hybridized carbons (Fsp3) is 0.611. The van der Waals surface area contributed by atoms with E-state index in [0.717, 1.165) is 11.8 Å². The molecule has 97 valence electrons. The van der Waals surface area contributed by atoms with Crippen molar-refractivity contribution < 1.29 is 0 Å². The highest BCUT2D eigenvalue weighted by Gasteiger charge is 2.31. The van der Waals surface area contributed by atoms with Gasteiger partial charge in [0, 0.05) is 0 Å². The molecule has 0 spiro atoms. The van der Waals surface area contributed by atoms with E-state index in [1.165, 1.54) is 51.4 Å². The van der Waals surface area contributed by atoms with Gasteiger partial charge in [0.2, 0.25) is 0 Å². The van der Waals surface area contributed by atoms with Crippen LogP contribution in [0.1, 0.15) is 68.9 Å². The Morgan fingerprint density at radius 1 is 0.944 bits per heavy atom. The maximum atomic E-state index is 2.45. The van der Waals surface area contributed by atoms with Crippen LogP contribution in [0.3, 0.4) is 0 Å². The Hall–Kier alpha value is -0.780. The lowest BCUT2D eigenvalue weighted by Gasteiger charge is -2.36. The van der Waals surface area contributed by atoms with E-state index in [1.54, 1.807) is 17.0 Å². The van der Waals surface area contributed by atoms with E-state index in [9.17, 15) is 0 Å². The number of rotatable bonds is 2. The Kier molecular flexibility index (Phi) is 3.72. The second-order valence-corrected chi connectivity index (χ2v) is 6.22. The van der Waals surface area contributed by atoms with E-state index < -0.39 is 0 Å². The smallest absolute Gasteiger partial charge is 0.00970 e. The van der Waals surface area contributed by atoms with Crippen molar-refractivity contribution >= 4 is 0 Å². The van der Waals surface area contributed by atoms with Gasteiger partial charge < -0.3 is 0 Å². The van der Waals surface area contributed by atoms with Crippen LogP contribution in [0.25, 0.3) is 0 Å². The second-order valence-electron chi connectivity index (χ2n) is 6.22. The molecule has 1 aromatic rings. The molecule has 3 rings (SSSR count). The maximum Gasteiger partial charge on any atom is -0.00970 e. The Labute approximate surface area is 112 Å². The van der Waals surface area contributed by atoms with Crippen LogP contribution in [0.5, 0.6) is 0 Å². The van der Waals surface area contributed by atoms with Crippen LogP contribution < -0.4 is 0 Å². The largest absolute Gasteiger partial charge is 0.0620 e. The number of hydrogen-bond donors (Lipinski definition) is 0.